The van der Waals surface area contributed by atoms with Crippen molar-refractivity contribution in [3.05, 3.63) is 83.4 Å². The molecule has 0 heterocycles. The molecule has 0 aliphatic rings. The number of hydrogen-bond donors (Lipinski definition) is 3. The third kappa shape index (κ3) is 8.41. The Kier molecular flexibility index (Phi) is 10.8. The number of sulfone groups is 1. The Morgan fingerprint density at radius 3 is 2.06 bits per heavy atom. The van der Waals surface area contributed by atoms with E-state index in [1.807, 2.05) is 0 Å². The highest BCUT2D eigenvalue weighted by molar-refractivity contribution is 7.91. The number of carboxylic acid groups (broad SMARTS) is 1. The number of carbonyl (C=O) groups is 1. The molecule has 3 rings (SSSR count). The van der Waals surface area contributed by atoms with Gasteiger partial charge in [0, 0.05) is 18.1 Å². The highest BCUT2D eigenvalue weighted by Gasteiger charge is 2.18. The SMILES string of the molecule is Cl.O=C(O)COc1ccc(S(=O)(=O)c2ccc(OCCNC[C@H](O)c3cccc(Cl)c3)cc2)cc1. The number of aliphatic carboxylic acids is 1. The molecule has 11 heteroatoms. The van der Waals surface area contributed by atoms with Crippen LogP contribution in [0.15, 0.2) is 82.6 Å². The lowest BCUT2D eigenvalue weighted by Crippen LogP contribution is -2.26. The van der Waals surface area contributed by atoms with E-state index in [4.69, 9.17) is 26.2 Å². The van der Waals surface area contributed by atoms with Crippen molar-refractivity contribution in [2.45, 2.75) is 15.9 Å². The van der Waals surface area contributed by atoms with Gasteiger partial charge in [-0.3, -0.25) is 0 Å². The molecule has 0 spiro atoms. The molecule has 1 atom stereocenters. The monoisotopic (exact) mass is 541 g/mol. The van der Waals surface area contributed by atoms with Gasteiger partial charge in [-0.2, -0.15) is 0 Å². The highest BCUT2D eigenvalue weighted by atomic mass is 35.5. The van der Waals surface area contributed by atoms with Crippen LogP contribution in [0.1, 0.15) is 11.7 Å². The van der Waals surface area contributed by atoms with E-state index in [-0.39, 0.29) is 27.9 Å². The van der Waals surface area contributed by atoms with Gasteiger partial charge in [0.2, 0.25) is 9.84 Å². The Morgan fingerprint density at radius 1 is 0.943 bits per heavy atom. The highest BCUT2D eigenvalue weighted by Crippen LogP contribution is 2.25. The van der Waals surface area contributed by atoms with Crippen molar-refractivity contribution in [3.8, 4) is 11.5 Å². The predicted molar refractivity (Wildman–Crippen MR) is 133 cm³/mol. The predicted octanol–water partition coefficient (Wildman–Crippen LogP) is 3.76. The van der Waals surface area contributed by atoms with E-state index in [0.717, 1.165) is 5.56 Å². The lowest BCUT2D eigenvalue weighted by molar-refractivity contribution is -0.139. The number of ether oxygens (including phenoxy) is 2. The Balaban J connectivity index is 0.00000432. The zero-order valence-electron chi connectivity index (χ0n) is 18.5. The fraction of sp³-hybridized carbons (Fsp3) is 0.208. The van der Waals surface area contributed by atoms with Gasteiger partial charge in [0.05, 0.1) is 15.9 Å². The summed E-state index contributed by atoms with van der Waals surface area (Å²) >= 11 is 5.93. The van der Waals surface area contributed by atoms with E-state index in [9.17, 15) is 18.3 Å². The van der Waals surface area contributed by atoms with Crippen molar-refractivity contribution in [2.75, 3.05) is 26.3 Å². The standard InChI is InChI=1S/C24H24ClNO7S.ClH/c25-18-3-1-2-17(14-18)23(27)15-26-12-13-32-19-4-8-21(9-5-19)34(30,31)22-10-6-20(7-11-22)33-16-24(28)29;/h1-11,14,23,26-27H,12-13,15-16H2,(H,28,29);1H/t23-;/m0./s1. The van der Waals surface area contributed by atoms with Crippen LogP contribution in [0.25, 0.3) is 0 Å². The summed E-state index contributed by atoms with van der Waals surface area (Å²) in [5.74, 6) is -0.350. The Labute approximate surface area is 214 Å². The fourth-order valence-electron chi connectivity index (χ4n) is 3.02. The molecular formula is C24H25Cl2NO7S. The van der Waals surface area contributed by atoms with Gasteiger partial charge in [-0.15, -0.1) is 12.4 Å². The van der Waals surface area contributed by atoms with E-state index in [1.54, 1.807) is 36.4 Å². The second-order valence-corrected chi connectivity index (χ2v) is 9.64. The van der Waals surface area contributed by atoms with Crippen LogP contribution in [0.4, 0.5) is 0 Å². The minimum atomic E-state index is -3.75. The number of hydrogen-bond acceptors (Lipinski definition) is 7. The van der Waals surface area contributed by atoms with Crippen LogP contribution in [-0.2, 0) is 14.6 Å². The van der Waals surface area contributed by atoms with Crippen LogP contribution < -0.4 is 14.8 Å². The zero-order valence-corrected chi connectivity index (χ0v) is 20.9. The maximum absolute atomic E-state index is 12.8. The van der Waals surface area contributed by atoms with Gasteiger partial charge in [0.15, 0.2) is 6.61 Å². The molecule has 0 saturated carbocycles. The first kappa shape index (κ1) is 28.4. The molecule has 0 fully saturated rings. The first-order valence-electron chi connectivity index (χ1n) is 10.3. The van der Waals surface area contributed by atoms with Crippen molar-refractivity contribution in [3.63, 3.8) is 0 Å². The third-order valence-corrected chi connectivity index (χ3v) is 6.77. The summed E-state index contributed by atoms with van der Waals surface area (Å²) in [6.45, 7) is 0.632. The van der Waals surface area contributed by atoms with E-state index in [1.165, 1.54) is 36.4 Å². The van der Waals surface area contributed by atoms with Gasteiger partial charge in [0.25, 0.3) is 0 Å². The van der Waals surface area contributed by atoms with Crippen molar-refractivity contribution >= 4 is 39.8 Å². The van der Waals surface area contributed by atoms with Crippen molar-refractivity contribution in [2.24, 2.45) is 0 Å². The van der Waals surface area contributed by atoms with Gasteiger partial charge in [-0.1, -0.05) is 23.7 Å². The Bertz CT molecular complexity index is 1200. The maximum Gasteiger partial charge on any atom is 0.341 e. The molecule has 188 valence electrons. The summed E-state index contributed by atoms with van der Waals surface area (Å²) in [7, 11) is -3.75. The summed E-state index contributed by atoms with van der Waals surface area (Å²) in [5.41, 5.74) is 0.722. The minimum absolute atomic E-state index is 0. The summed E-state index contributed by atoms with van der Waals surface area (Å²) in [4.78, 5) is 10.7. The molecule has 0 amide bonds. The molecule has 35 heavy (non-hydrogen) atoms. The van der Waals surface area contributed by atoms with E-state index < -0.39 is 28.5 Å². The third-order valence-electron chi connectivity index (χ3n) is 4.75. The van der Waals surface area contributed by atoms with E-state index in [0.29, 0.717) is 30.5 Å². The average Bonchev–Trinajstić information content (AvgIpc) is 2.83. The van der Waals surface area contributed by atoms with Gasteiger partial charge in [-0.05, 0) is 66.2 Å². The molecule has 3 aromatic carbocycles. The number of nitrogens with one attached hydrogen (secondary N) is 1. The smallest absolute Gasteiger partial charge is 0.341 e. The quantitative estimate of drug-likeness (QED) is 0.296. The lowest BCUT2D eigenvalue weighted by Gasteiger charge is -2.13. The van der Waals surface area contributed by atoms with Crippen LogP contribution in [0, 0.1) is 0 Å². The van der Waals surface area contributed by atoms with Crippen molar-refractivity contribution < 1.29 is 32.9 Å². The van der Waals surface area contributed by atoms with Gasteiger partial charge >= 0.3 is 5.97 Å². The maximum atomic E-state index is 12.8. The second-order valence-electron chi connectivity index (χ2n) is 7.25. The van der Waals surface area contributed by atoms with Crippen molar-refractivity contribution in [1.82, 2.24) is 5.32 Å². The fourth-order valence-corrected chi connectivity index (χ4v) is 4.48. The van der Waals surface area contributed by atoms with Crippen LogP contribution in [0.2, 0.25) is 5.02 Å². The molecule has 0 aromatic heterocycles. The van der Waals surface area contributed by atoms with Crippen LogP contribution >= 0.6 is 24.0 Å². The molecule has 0 saturated heterocycles. The molecular weight excluding hydrogens is 517 g/mol. The second kappa shape index (κ2) is 13.3. The molecule has 0 unspecified atom stereocenters. The van der Waals surface area contributed by atoms with Crippen molar-refractivity contribution in [1.29, 1.82) is 0 Å². The number of carboxylic acids is 1. The Hall–Kier alpha value is -2.82. The minimum Gasteiger partial charge on any atom is -0.492 e. The number of benzene rings is 3. The Morgan fingerprint density at radius 2 is 1.51 bits per heavy atom. The number of rotatable bonds is 12. The first-order chi connectivity index (χ1) is 16.3. The molecule has 0 aliphatic heterocycles. The molecule has 3 aromatic rings. The molecule has 0 radical (unpaired) electrons. The van der Waals surface area contributed by atoms with E-state index >= 15 is 0 Å². The number of aliphatic hydroxyl groups excluding tert-OH is 1. The summed E-state index contributed by atoms with van der Waals surface area (Å²) in [5, 5.41) is 22.5. The first-order valence-corrected chi connectivity index (χ1v) is 12.2. The molecule has 0 aliphatic carbocycles. The van der Waals surface area contributed by atoms with Gasteiger partial charge < -0.3 is 25.0 Å². The molecule has 0 bridgehead atoms. The topological polar surface area (TPSA) is 122 Å². The number of halogens is 2. The van der Waals surface area contributed by atoms with Crippen LogP contribution in [-0.4, -0.2) is 50.9 Å². The average molecular weight is 542 g/mol. The van der Waals surface area contributed by atoms with Gasteiger partial charge in [-0.25, -0.2) is 13.2 Å². The van der Waals surface area contributed by atoms with E-state index in [2.05, 4.69) is 5.32 Å². The summed E-state index contributed by atoms with van der Waals surface area (Å²) in [6, 6.07) is 18.6. The van der Waals surface area contributed by atoms with Crippen LogP contribution in [0.5, 0.6) is 11.5 Å². The largest absolute Gasteiger partial charge is 0.492 e. The molecule has 8 nitrogen and oxygen atoms in total. The summed E-state index contributed by atoms with van der Waals surface area (Å²) < 4.78 is 36.3. The normalized spacial score (nSPS) is 11.8. The van der Waals surface area contributed by atoms with Crippen LogP contribution in [0.3, 0.4) is 0 Å². The zero-order chi connectivity index (χ0) is 24.6. The number of aliphatic hydroxyl groups is 1. The molecule has 3 N–H and O–H groups in total. The van der Waals surface area contributed by atoms with Gasteiger partial charge in [0.1, 0.15) is 18.1 Å². The lowest BCUT2D eigenvalue weighted by atomic mass is 10.1. The summed E-state index contributed by atoms with van der Waals surface area (Å²) in [6.07, 6.45) is -0.694.